The number of hydrogen-bond acceptors (Lipinski definition) is 6. The first kappa shape index (κ1) is 12.2. The summed E-state index contributed by atoms with van der Waals surface area (Å²) >= 11 is 1.27. The molecule has 0 N–H and O–H groups in total. The van der Waals surface area contributed by atoms with Crippen LogP contribution in [0.25, 0.3) is 11.5 Å². The van der Waals surface area contributed by atoms with Gasteiger partial charge in [0.05, 0.1) is 6.61 Å². The number of aryl methyl sites for hydroxylation is 1. The van der Waals surface area contributed by atoms with Crippen molar-refractivity contribution in [2.45, 2.75) is 23.8 Å². The Morgan fingerprint density at radius 1 is 1.32 bits per heavy atom. The summed E-state index contributed by atoms with van der Waals surface area (Å²) in [6, 6.07) is 7.80. The molecule has 1 atom stereocenters. The molecule has 0 unspecified atom stereocenters. The normalized spacial score (nSPS) is 18.6. The summed E-state index contributed by atoms with van der Waals surface area (Å²) in [6.45, 7) is 2.45. The number of hydrogen-bond donors (Lipinski definition) is 0. The van der Waals surface area contributed by atoms with E-state index >= 15 is 0 Å². The third-order valence-electron chi connectivity index (χ3n) is 2.91. The van der Waals surface area contributed by atoms with E-state index in [-0.39, 0.29) is 11.2 Å². The van der Waals surface area contributed by atoms with Gasteiger partial charge in [-0.25, -0.2) is 0 Å². The lowest BCUT2D eigenvalue weighted by Gasteiger charge is -2.00. The fraction of sp³-hybridized carbons (Fsp3) is 0.308. The molecule has 1 saturated heterocycles. The van der Waals surface area contributed by atoms with Crippen molar-refractivity contribution in [3.8, 4) is 11.5 Å². The van der Waals surface area contributed by atoms with E-state index in [1.54, 1.807) is 0 Å². The van der Waals surface area contributed by atoms with Crippen molar-refractivity contribution in [2.75, 3.05) is 6.61 Å². The molecule has 2 heterocycles. The van der Waals surface area contributed by atoms with Crippen LogP contribution in [0.2, 0.25) is 0 Å². The number of carbonyl (C=O) groups excluding carboxylic acids is 1. The summed E-state index contributed by atoms with van der Waals surface area (Å²) in [6.07, 6.45) is 0.686. The predicted molar refractivity (Wildman–Crippen MR) is 69.7 cm³/mol. The summed E-state index contributed by atoms with van der Waals surface area (Å²) in [7, 11) is 0. The van der Waals surface area contributed by atoms with Gasteiger partial charge in [-0.15, -0.1) is 10.2 Å². The highest BCUT2D eigenvalue weighted by atomic mass is 32.2. The highest BCUT2D eigenvalue weighted by Gasteiger charge is 2.29. The minimum Gasteiger partial charge on any atom is -0.465 e. The Bertz CT molecular complexity index is 611. The fourth-order valence-corrected chi connectivity index (χ4v) is 2.72. The molecule has 6 heteroatoms. The van der Waals surface area contributed by atoms with Crippen LogP contribution in [-0.4, -0.2) is 28.0 Å². The maximum Gasteiger partial charge on any atom is 0.319 e. The van der Waals surface area contributed by atoms with Crippen LogP contribution in [0.15, 0.2) is 33.9 Å². The number of cyclic esters (lactones) is 1. The smallest absolute Gasteiger partial charge is 0.319 e. The number of aromatic nitrogens is 2. The van der Waals surface area contributed by atoms with Gasteiger partial charge in [0.25, 0.3) is 5.22 Å². The third-order valence-corrected chi connectivity index (χ3v) is 3.99. The summed E-state index contributed by atoms with van der Waals surface area (Å²) in [5, 5.41) is 8.17. The van der Waals surface area contributed by atoms with Gasteiger partial charge in [0.1, 0.15) is 5.25 Å². The average molecular weight is 276 g/mol. The number of nitrogens with zero attached hydrogens (tertiary/aromatic N) is 2. The van der Waals surface area contributed by atoms with E-state index in [9.17, 15) is 4.79 Å². The van der Waals surface area contributed by atoms with Crippen LogP contribution in [0, 0.1) is 6.92 Å². The van der Waals surface area contributed by atoms with Crippen LogP contribution in [0.4, 0.5) is 0 Å². The molecule has 19 heavy (non-hydrogen) atoms. The van der Waals surface area contributed by atoms with E-state index < -0.39 is 0 Å². The second-order valence-corrected chi connectivity index (χ2v) is 5.40. The highest BCUT2D eigenvalue weighted by molar-refractivity contribution is 8.00. The standard InChI is InChI=1S/C13H12N2O3S/c1-8-4-2-3-5-9(8)11-14-15-13(18-11)19-10-6-7-17-12(10)16/h2-5,10H,6-7H2,1H3/t10-/m1/s1. The molecule has 5 nitrogen and oxygen atoms in total. The molecular weight excluding hydrogens is 264 g/mol. The van der Waals surface area contributed by atoms with Gasteiger partial charge in [-0.05, 0) is 30.3 Å². The van der Waals surface area contributed by atoms with Crippen molar-refractivity contribution < 1.29 is 13.9 Å². The highest BCUT2D eigenvalue weighted by Crippen LogP contribution is 2.31. The lowest BCUT2D eigenvalue weighted by Crippen LogP contribution is -2.09. The van der Waals surface area contributed by atoms with E-state index in [1.807, 2.05) is 31.2 Å². The zero-order valence-electron chi connectivity index (χ0n) is 10.3. The quantitative estimate of drug-likeness (QED) is 0.802. The minimum atomic E-state index is -0.231. The molecule has 0 spiro atoms. The predicted octanol–water partition coefficient (Wildman–Crippen LogP) is 2.45. The zero-order valence-corrected chi connectivity index (χ0v) is 11.1. The van der Waals surface area contributed by atoms with E-state index in [2.05, 4.69) is 10.2 Å². The largest absolute Gasteiger partial charge is 0.465 e. The lowest BCUT2D eigenvalue weighted by molar-refractivity contribution is -0.137. The third kappa shape index (κ3) is 2.49. The van der Waals surface area contributed by atoms with Gasteiger partial charge in [0.2, 0.25) is 5.89 Å². The molecular formula is C13H12N2O3S. The minimum absolute atomic E-state index is 0.208. The van der Waals surface area contributed by atoms with E-state index in [0.29, 0.717) is 24.1 Å². The number of benzene rings is 1. The van der Waals surface area contributed by atoms with E-state index in [1.165, 1.54) is 11.8 Å². The van der Waals surface area contributed by atoms with Crippen LogP contribution in [0.3, 0.4) is 0 Å². The zero-order chi connectivity index (χ0) is 13.2. The van der Waals surface area contributed by atoms with Crippen LogP contribution < -0.4 is 0 Å². The summed E-state index contributed by atoms with van der Waals surface area (Å²) in [5.74, 6) is 0.271. The fourth-order valence-electron chi connectivity index (χ4n) is 1.89. The molecule has 1 aliphatic heterocycles. The first-order valence-electron chi connectivity index (χ1n) is 5.97. The van der Waals surface area contributed by atoms with Crippen LogP contribution in [-0.2, 0) is 9.53 Å². The van der Waals surface area contributed by atoms with Crippen LogP contribution >= 0.6 is 11.8 Å². The SMILES string of the molecule is Cc1ccccc1-c1nnc(S[C@@H]2CCOC2=O)o1. The van der Waals surface area contributed by atoms with E-state index in [0.717, 1.165) is 11.1 Å². The molecule has 1 aromatic heterocycles. The molecule has 98 valence electrons. The molecule has 3 rings (SSSR count). The average Bonchev–Trinajstić information content (AvgIpc) is 3.01. The number of esters is 1. The van der Waals surface area contributed by atoms with Crippen molar-refractivity contribution in [1.29, 1.82) is 0 Å². The Morgan fingerprint density at radius 3 is 2.89 bits per heavy atom. The second kappa shape index (κ2) is 5.05. The Labute approximate surface area is 114 Å². The van der Waals surface area contributed by atoms with Gasteiger partial charge < -0.3 is 9.15 Å². The molecule has 0 amide bonds. The van der Waals surface area contributed by atoms with Crippen molar-refractivity contribution in [1.82, 2.24) is 10.2 Å². The Hall–Kier alpha value is -1.82. The van der Waals surface area contributed by atoms with Gasteiger partial charge in [0.15, 0.2) is 0 Å². The molecule has 0 radical (unpaired) electrons. The molecule has 1 aliphatic rings. The summed E-state index contributed by atoms with van der Waals surface area (Å²) in [5.41, 5.74) is 1.99. The first-order valence-corrected chi connectivity index (χ1v) is 6.85. The van der Waals surface area contributed by atoms with Gasteiger partial charge in [-0.3, -0.25) is 4.79 Å². The topological polar surface area (TPSA) is 65.2 Å². The van der Waals surface area contributed by atoms with Crippen molar-refractivity contribution in [3.05, 3.63) is 29.8 Å². The number of ether oxygens (including phenoxy) is 1. The summed E-state index contributed by atoms with van der Waals surface area (Å²) < 4.78 is 10.5. The summed E-state index contributed by atoms with van der Waals surface area (Å²) in [4.78, 5) is 11.4. The Balaban J connectivity index is 1.80. The van der Waals surface area contributed by atoms with Gasteiger partial charge in [0, 0.05) is 12.0 Å². The van der Waals surface area contributed by atoms with Gasteiger partial charge in [-0.2, -0.15) is 0 Å². The van der Waals surface area contributed by atoms with Crippen LogP contribution in [0.5, 0.6) is 0 Å². The maximum absolute atomic E-state index is 11.4. The molecule has 1 aromatic carbocycles. The lowest BCUT2D eigenvalue weighted by atomic mass is 10.1. The molecule has 0 saturated carbocycles. The maximum atomic E-state index is 11.4. The van der Waals surface area contributed by atoms with Gasteiger partial charge in [-0.1, -0.05) is 18.2 Å². The monoisotopic (exact) mass is 276 g/mol. The number of carbonyl (C=O) groups is 1. The van der Waals surface area contributed by atoms with Crippen molar-refractivity contribution in [3.63, 3.8) is 0 Å². The van der Waals surface area contributed by atoms with Crippen molar-refractivity contribution in [2.24, 2.45) is 0 Å². The van der Waals surface area contributed by atoms with Gasteiger partial charge >= 0.3 is 5.97 Å². The Kier molecular flexibility index (Phi) is 3.25. The first-order chi connectivity index (χ1) is 9.24. The second-order valence-electron chi connectivity index (χ2n) is 4.25. The molecule has 0 aliphatic carbocycles. The van der Waals surface area contributed by atoms with E-state index in [4.69, 9.17) is 9.15 Å². The molecule has 2 aromatic rings. The Morgan fingerprint density at radius 2 is 2.16 bits per heavy atom. The molecule has 1 fully saturated rings. The molecule has 0 bridgehead atoms. The van der Waals surface area contributed by atoms with Crippen LogP contribution in [0.1, 0.15) is 12.0 Å². The number of rotatable bonds is 3. The van der Waals surface area contributed by atoms with Crippen molar-refractivity contribution >= 4 is 17.7 Å². The number of thioether (sulfide) groups is 1.